The highest BCUT2D eigenvalue weighted by Gasteiger charge is 2.35. The number of ether oxygens (including phenoxy) is 2. The molecule has 0 saturated carbocycles. The van der Waals surface area contributed by atoms with E-state index in [2.05, 4.69) is 21.2 Å². The first-order valence-corrected chi connectivity index (χ1v) is 12.3. The van der Waals surface area contributed by atoms with E-state index in [1.165, 1.54) is 0 Å². The summed E-state index contributed by atoms with van der Waals surface area (Å²) in [6.45, 7) is 0.116. The molecule has 1 N–H and O–H groups in total. The fourth-order valence-electron chi connectivity index (χ4n) is 3.23. The molecule has 0 spiro atoms. The van der Waals surface area contributed by atoms with Crippen LogP contribution >= 0.6 is 27.7 Å². The number of carbonyl (C=O) groups is 3. The standard InChI is InChI=1S/C26H21BrN2O5S/c27-19-11-12-22(34-17-24(30)28-20-7-3-1-4-8-20)18(15-19)16-23-25(31)29(26(32)35-23)13-14-33-21-9-5-2-6-10-21/h1-12,15-16H,13-14,17H2,(H,28,30)/b23-16-. The van der Waals surface area contributed by atoms with Gasteiger partial charge in [-0.1, -0.05) is 52.3 Å². The van der Waals surface area contributed by atoms with Gasteiger partial charge < -0.3 is 14.8 Å². The third kappa shape index (κ3) is 6.74. The smallest absolute Gasteiger partial charge is 0.293 e. The molecule has 9 heteroatoms. The first kappa shape index (κ1) is 24.6. The van der Waals surface area contributed by atoms with Gasteiger partial charge in [0.1, 0.15) is 18.1 Å². The van der Waals surface area contributed by atoms with Gasteiger partial charge in [0.25, 0.3) is 17.1 Å². The van der Waals surface area contributed by atoms with E-state index in [9.17, 15) is 14.4 Å². The number of nitrogens with one attached hydrogen (secondary N) is 1. The molecule has 1 aliphatic rings. The van der Waals surface area contributed by atoms with E-state index in [4.69, 9.17) is 9.47 Å². The van der Waals surface area contributed by atoms with E-state index in [0.717, 1.165) is 21.1 Å². The lowest BCUT2D eigenvalue weighted by molar-refractivity contribution is -0.123. The number of halogens is 1. The van der Waals surface area contributed by atoms with Crippen LogP contribution in [0.2, 0.25) is 0 Å². The van der Waals surface area contributed by atoms with Crippen molar-refractivity contribution in [1.29, 1.82) is 0 Å². The lowest BCUT2D eigenvalue weighted by atomic mass is 10.2. The number of hydrogen-bond acceptors (Lipinski definition) is 6. The maximum absolute atomic E-state index is 12.9. The average Bonchev–Trinajstić information content (AvgIpc) is 3.12. The van der Waals surface area contributed by atoms with Crippen molar-refractivity contribution in [3.8, 4) is 11.5 Å². The van der Waals surface area contributed by atoms with Gasteiger partial charge in [0, 0.05) is 15.7 Å². The molecule has 3 aromatic carbocycles. The van der Waals surface area contributed by atoms with Crippen molar-refractivity contribution in [3.05, 3.63) is 93.8 Å². The molecule has 178 valence electrons. The van der Waals surface area contributed by atoms with Gasteiger partial charge >= 0.3 is 0 Å². The Bertz CT molecular complexity index is 1250. The SMILES string of the molecule is O=C(COc1ccc(Br)cc1/C=C1\SC(=O)N(CCOc2ccccc2)C1=O)Nc1ccccc1. The van der Waals surface area contributed by atoms with E-state index in [-0.39, 0.29) is 35.8 Å². The molecule has 7 nitrogen and oxygen atoms in total. The van der Waals surface area contributed by atoms with Crippen molar-refractivity contribution in [2.45, 2.75) is 0 Å². The minimum atomic E-state index is -0.399. The van der Waals surface area contributed by atoms with Crippen LogP contribution in [0, 0.1) is 0 Å². The van der Waals surface area contributed by atoms with E-state index in [1.807, 2.05) is 48.5 Å². The van der Waals surface area contributed by atoms with Crippen LogP contribution in [0.5, 0.6) is 11.5 Å². The molecular formula is C26H21BrN2O5S. The van der Waals surface area contributed by atoms with Crippen LogP contribution in [-0.4, -0.2) is 41.7 Å². The van der Waals surface area contributed by atoms with Crippen LogP contribution in [0.1, 0.15) is 5.56 Å². The number of anilines is 1. The highest BCUT2D eigenvalue weighted by molar-refractivity contribution is 9.10. The van der Waals surface area contributed by atoms with Crippen LogP contribution in [0.15, 0.2) is 88.2 Å². The normalized spacial score (nSPS) is 14.3. The molecule has 0 radical (unpaired) electrons. The molecule has 0 atom stereocenters. The van der Waals surface area contributed by atoms with Crippen molar-refractivity contribution in [1.82, 2.24) is 4.90 Å². The third-order valence-electron chi connectivity index (χ3n) is 4.88. The summed E-state index contributed by atoms with van der Waals surface area (Å²) in [4.78, 5) is 39.0. The Morgan fingerprint density at radius 1 is 0.971 bits per heavy atom. The fraction of sp³-hybridized carbons (Fsp3) is 0.115. The van der Waals surface area contributed by atoms with Crippen molar-refractivity contribution in [3.63, 3.8) is 0 Å². The first-order chi connectivity index (χ1) is 17.0. The van der Waals surface area contributed by atoms with Crippen LogP contribution in [0.4, 0.5) is 10.5 Å². The van der Waals surface area contributed by atoms with Gasteiger partial charge in [0.2, 0.25) is 0 Å². The highest BCUT2D eigenvalue weighted by Crippen LogP contribution is 2.34. The van der Waals surface area contributed by atoms with Crippen molar-refractivity contribution in [2.24, 2.45) is 0 Å². The number of nitrogens with zero attached hydrogens (tertiary/aromatic N) is 1. The molecule has 3 amide bonds. The lowest BCUT2D eigenvalue weighted by Gasteiger charge is -2.13. The summed E-state index contributed by atoms with van der Waals surface area (Å²) >= 11 is 4.27. The second kappa shape index (κ2) is 11.7. The van der Waals surface area contributed by atoms with Crippen LogP contribution in [0.3, 0.4) is 0 Å². The Morgan fingerprint density at radius 3 is 2.43 bits per heavy atom. The van der Waals surface area contributed by atoms with Gasteiger partial charge in [-0.3, -0.25) is 19.3 Å². The molecule has 4 rings (SSSR count). The van der Waals surface area contributed by atoms with Gasteiger partial charge in [-0.15, -0.1) is 0 Å². The Balaban J connectivity index is 1.40. The first-order valence-electron chi connectivity index (χ1n) is 10.7. The number of para-hydroxylation sites is 2. The molecule has 0 unspecified atom stereocenters. The van der Waals surface area contributed by atoms with Crippen molar-refractivity contribution in [2.75, 3.05) is 25.1 Å². The van der Waals surface area contributed by atoms with Gasteiger partial charge in [-0.2, -0.15) is 0 Å². The van der Waals surface area contributed by atoms with Crippen molar-refractivity contribution < 1.29 is 23.9 Å². The Hall–Kier alpha value is -3.56. The zero-order valence-electron chi connectivity index (χ0n) is 18.5. The van der Waals surface area contributed by atoms with E-state index >= 15 is 0 Å². The summed E-state index contributed by atoms with van der Waals surface area (Å²) in [5.41, 5.74) is 1.24. The molecule has 1 saturated heterocycles. The quantitative estimate of drug-likeness (QED) is 0.349. The zero-order chi connectivity index (χ0) is 24.6. The number of benzene rings is 3. The summed E-state index contributed by atoms with van der Waals surface area (Å²) in [6, 6.07) is 23.5. The topological polar surface area (TPSA) is 84.9 Å². The van der Waals surface area contributed by atoms with Gasteiger partial charge in [0.15, 0.2) is 6.61 Å². The maximum Gasteiger partial charge on any atom is 0.293 e. The van der Waals surface area contributed by atoms with Gasteiger partial charge in [-0.25, -0.2) is 0 Å². The average molecular weight is 553 g/mol. The second-order valence-electron chi connectivity index (χ2n) is 7.38. The molecular weight excluding hydrogens is 532 g/mol. The maximum atomic E-state index is 12.9. The predicted molar refractivity (Wildman–Crippen MR) is 139 cm³/mol. The fourth-order valence-corrected chi connectivity index (χ4v) is 4.47. The second-order valence-corrected chi connectivity index (χ2v) is 9.29. The summed E-state index contributed by atoms with van der Waals surface area (Å²) in [5.74, 6) is 0.367. The molecule has 1 aliphatic heterocycles. The molecule has 0 aliphatic carbocycles. The summed E-state index contributed by atoms with van der Waals surface area (Å²) < 4.78 is 12.1. The van der Waals surface area contributed by atoms with E-state index in [0.29, 0.717) is 22.7 Å². The van der Waals surface area contributed by atoms with Crippen LogP contribution in [0.25, 0.3) is 6.08 Å². The molecule has 0 aromatic heterocycles. The number of hydrogen-bond donors (Lipinski definition) is 1. The van der Waals surface area contributed by atoms with Gasteiger partial charge in [-0.05, 0) is 60.3 Å². The highest BCUT2D eigenvalue weighted by atomic mass is 79.9. The number of imide groups is 1. The minimum absolute atomic E-state index is 0.137. The Labute approximate surface area is 215 Å². The van der Waals surface area contributed by atoms with Crippen molar-refractivity contribution >= 4 is 56.5 Å². The molecule has 0 bridgehead atoms. The number of amides is 3. The number of thioether (sulfide) groups is 1. The molecule has 35 heavy (non-hydrogen) atoms. The summed E-state index contributed by atoms with van der Waals surface area (Å²) in [5, 5.41) is 2.39. The monoisotopic (exact) mass is 552 g/mol. The van der Waals surface area contributed by atoms with Crippen LogP contribution < -0.4 is 14.8 Å². The minimum Gasteiger partial charge on any atom is -0.492 e. The summed E-state index contributed by atoms with van der Waals surface area (Å²) in [6.07, 6.45) is 1.60. The third-order valence-corrected chi connectivity index (χ3v) is 6.28. The van der Waals surface area contributed by atoms with E-state index in [1.54, 1.807) is 36.4 Å². The number of rotatable bonds is 9. The molecule has 3 aromatic rings. The van der Waals surface area contributed by atoms with Crippen LogP contribution in [-0.2, 0) is 9.59 Å². The Kier molecular flexibility index (Phi) is 8.23. The predicted octanol–water partition coefficient (Wildman–Crippen LogP) is 5.58. The van der Waals surface area contributed by atoms with Gasteiger partial charge in [0.05, 0.1) is 11.4 Å². The number of carbonyl (C=O) groups excluding carboxylic acids is 3. The zero-order valence-corrected chi connectivity index (χ0v) is 20.9. The largest absolute Gasteiger partial charge is 0.492 e. The Morgan fingerprint density at radius 2 is 1.69 bits per heavy atom. The van der Waals surface area contributed by atoms with E-state index < -0.39 is 5.91 Å². The lowest BCUT2D eigenvalue weighted by Crippen LogP contribution is -2.32. The molecule has 1 fully saturated rings. The summed E-state index contributed by atoms with van der Waals surface area (Å²) in [7, 11) is 0. The molecule has 1 heterocycles.